The summed E-state index contributed by atoms with van der Waals surface area (Å²) in [6.45, 7) is 4.05. The first-order valence-corrected chi connectivity index (χ1v) is 9.73. The van der Waals surface area contributed by atoms with Gasteiger partial charge in [0.1, 0.15) is 0 Å². The molecule has 1 aliphatic heterocycles. The molecule has 29 heavy (non-hydrogen) atoms. The zero-order chi connectivity index (χ0) is 20.4. The Bertz CT molecular complexity index is 1040. The summed E-state index contributed by atoms with van der Waals surface area (Å²) in [7, 11) is 1.96. The summed E-state index contributed by atoms with van der Waals surface area (Å²) in [6, 6.07) is 7.49. The first kappa shape index (κ1) is 19.5. The molecule has 0 amide bonds. The van der Waals surface area contributed by atoms with Gasteiger partial charge in [0.25, 0.3) is 12.0 Å². The van der Waals surface area contributed by atoms with Gasteiger partial charge in [-0.3, -0.25) is 18.9 Å². The Kier molecular flexibility index (Phi) is 5.57. The minimum atomic E-state index is -2.58. The minimum Gasteiger partial charge on any atom is -0.369 e. The molecule has 1 aliphatic rings. The van der Waals surface area contributed by atoms with Crippen LogP contribution in [-0.4, -0.2) is 63.4 Å². The second-order valence-electron chi connectivity index (χ2n) is 7.32. The number of piperazine rings is 1. The Balaban J connectivity index is 1.40. The van der Waals surface area contributed by atoms with Crippen molar-refractivity contribution in [1.29, 1.82) is 0 Å². The van der Waals surface area contributed by atoms with Crippen molar-refractivity contribution in [3.05, 3.63) is 52.8 Å². The van der Waals surface area contributed by atoms with Gasteiger partial charge in [-0.25, -0.2) is 13.8 Å². The van der Waals surface area contributed by atoms with Gasteiger partial charge in [-0.15, -0.1) is 0 Å². The zero-order valence-electron chi connectivity index (χ0n) is 16.3. The van der Waals surface area contributed by atoms with Crippen LogP contribution < -0.4 is 10.5 Å². The fraction of sp³-hybridized carbons (Fsp3) is 0.450. The van der Waals surface area contributed by atoms with Gasteiger partial charge in [-0.05, 0) is 24.3 Å². The predicted molar refractivity (Wildman–Crippen MR) is 108 cm³/mol. The lowest BCUT2D eigenvalue weighted by atomic mass is 10.2. The average molecular weight is 402 g/mol. The van der Waals surface area contributed by atoms with Crippen molar-refractivity contribution in [2.24, 2.45) is 7.05 Å². The molecule has 154 valence electrons. The molecule has 0 unspecified atom stereocenters. The van der Waals surface area contributed by atoms with Crippen molar-refractivity contribution in [3.8, 4) is 0 Å². The molecule has 0 spiro atoms. The standard InChI is InChI=1S/C20H24F2N6O/c1-25-15(4-6-24-25)5-7-26-8-10-27(11-9-26)16-2-3-17-18(12-16)23-14-28(20(17)29)13-19(21)22/h2-4,6,12,14,19H,5,7-11,13H2,1H3. The minimum absolute atomic E-state index is 0.367. The second-order valence-corrected chi connectivity index (χ2v) is 7.32. The summed E-state index contributed by atoms with van der Waals surface area (Å²) in [4.78, 5) is 21.3. The van der Waals surface area contributed by atoms with E-state index >= 15 is 0 Å². The molecule has 0 saturated carbocycles. The third-order valence-electron chi connectivity index (χ3n) is 5.49. The fourth-order valence-corrected chi connectivity index (χ4v) is 3.77. The summed E-state index contributed by atoms with van der Waals surface area (Å²) in [5.41, 5.74) is 2.34. The molecule has 2 aromatic heterocycles. The summed E-state index contributed by atoms with van der Waals surface area (Å²) in [5, 5.41) is 4.57. The van der Waals surface area contributed by atoms with E-state index in [9.17, 15) is 13.6 Å². The van der Waals surface area contributed by atoms with E-state index in [-0.39, 0.29) is 0 Å². The van der Waals surface area contributed by atoms with Crippen LogP contribution in [0.1, 0.15) is 5.69 Å². The third kappa shape index (κ3) is 4.29. The first-order chi connectivity index (χ1) is 14.0. The summed E-state index contributed by atoms with van der Waals surface area (Å²) >= 11 is 0. The molecule has 0 aliphatic carbocycles. The number of halogens is 2. The number of benzene rings is 1. The number of anilines is 1. The maximum Gasteiger partial charge on any atom is 0.261 e. The van der Waals surface area contributed by atoms with Crippen LogP contribution >= 0.6 is 0 Å². The zero-order valence-corrected chi connectivity index (χ0v) is 16.3. The van der Waals surface area contributed by atoms with Crippen LogP contribution in [-0.2, 0) is 20.0 Å². The molecule has 1 saturated heterocycles. The van der Waals surface area contributed by atoms with Gasteiger partial charge in [-0.1, -0.05) is 0 Å². The van der Waals surface area contributed by atoms with Gasteiger partial charge in [0.05, 0.1) is 23.8 Å². The van der Waals surface area contributed by atoms with E-state index in [0.29, 0.717) is 10.9 Å². The number of aromatic nitrogens is 4. The third-order valence-corrected chi connectivity index (χ3v) is 5.49. The van der Waals surface area contributed by atoms with Crippen molar-refractivity contribution in [3.63, 3.8) is 0 Å². The van der Waals surface area contributed by atoms with Gasteiger partial charge in [0.15, 0.2) is 0 Å². The number of aryl methyl sites for hydroxylation is 1. The largest absolute Gasteiger partial charge is 0.369 e. The highest BCUT2D eigenvalue weighted by molar-refractivity contribution is 5.81. The summed E-state index contributed by atoms with van der Waals surface area (Å²) in [5.74, 6) is 0. The quantitative estimate of drug-likeness (QED) is 0.629. The lowest BCUT2D eigenvalue weighted by molar-refractivity contribution is 0.125. The Labute approximate surface area is 167 Å². The van der Waals surface area contributed by atoms with Crippen LogP contribution in [0.15, 0.2) is 41.6 Å². The smallest absolute Gasteiger partial charge is 0.261 e. The molecule has 0 N–H and O–H groups in total. The number of hydrogen-bond acceptors (Lipinski definition) is 5. The normalized spacial score (nSPS) is 15.5. The van der Waals surface area contributed by atoms with Crippen molar-refractivity contribution in [2.45, 2.75) is 19.4 Å². The number of rotatable bonds is 6. The molecule has 9 heteroatoms. The van der Waals surface area contributed by atoms with Crippen LogP contribution in [0.25, 0.3) is 10.9 Å². The van der Waals surface area contributed by atoms with E-state index in [4.69, 9.17) is 0 Å². The van der Waals surface area contributed by atoms with E-state index in [1.807, 2.05) is 36.1 Å². The van der Waals surface area contributed by atoms with Crippen LogP contribution in [0, 0.1) is 0 Å². The monoisotopic (exact) mass is 402 g/mol. The van der Waals surface area contributed by atoms with E-state index in [1.54, 1.807) is 6.07 Å². The second kappa shape index (κ2) is 8.28. The van der Waals surface area contributed by atoms with Crippen LogP contribution in [0.5, 0.6) is 0 Å². The van der Waals surface area contributed by atoms with Gasteiger partial charge < -0.3 is 4.90 Å². The SMILES string of the molecule is Cn1nccc1CCN1CCN(c2ccc3c(=O)n(CC(F)F)cnc3c2)CC1. The highest BCUT2D eigenvalue weighted by Crippen LogP contribution is 2.20. The molecule has 7 nitrogen and oxygen atoms in total. The number of alkyl halides is 2. The van der Waals surface area contributed by atoms with Gasteiger partial charge in [-0.2, -0.15) is 5.10 Å². The van der Waals surface area contributed by atoms with Crippen LogP contribution in [0.4, 0.5) is 14.5 Å². The molecule has 3 heterocycles. The maximum absolute atomic E-state index is 12.6. The highest BCUT2D eigenvalue weighted by atomic mass is 19.3. The van der Waals surface area contributed by atoms with Crippen molar-refractivity contribution < 1.29 is 8.78 Å². The first-order valence-electron chi connectivity index (χ1n) is 9.73. The van der Waals surface area contributed by atoms with Crippen LogP contribution in [0.2, 0.25) is 0 Å². The Morgan fingerprint density at radius 3 is 2.62 bits per heavy atom. The molecular formula is C20H24F2N6O. The Morgan fingerprint density at radius 1 is 1.14 bits per heavy atom. The lowest BCUT2D eigenvalue weighted by Crippen LogP contribution is -2.47. The average Bonchev–Trinajstić information content (AvgIpc) is 3.13. The number of hydrogen-bond donors (Lipinski definition) is 0. The van der Waals surface area contributed by atoms with E-state index < -0.39 is 18.5 Å². The van der Waals surface area contributed by atoms with E-state index in [2.05, 4.69) is 19.9 Å². The topological polar surface area (TPSA) is 59.2 Å². The van der Waals surface area contributed by atoms with Gasteiger partial charge in [0, 0.05) is 63.8 Å². The number of fused-ring (bicyclic) bond motifs is 1. The predicted octanol–water partition coefficient (Wildman–Crippen LogP) is 1.76. The molecule has 1 fully saturated rings. The van der Waals surface area contributed by atoms with Crippen molar-refractivity contribution in [1.82, 2.24) is 24.2 Å². The molecule has 0 atom stereocenters. The molecule has 1 aromatic carbocycles. The highest BCUT2D eigenvalue weighted by Gasteiger charge is 2.18. The molecule has 4 rings (SSSR count). The Hall–Kier alpha value is -2.81. The molecular weight excluding hydrogens is 378 g/mol. The van der Waals surface area contributed by atoms with E-state index in [0.717, 1.165) is 49.4 Å². The van der Waals surface area contributed by atoms with Crippen LogP contribution in [0.3, 0.4) is 0 Å². The molecule has 0 bridgehead atoms. The van der Waals surface area contributed by atoms with Crippen molar-refractivity contribution >= 4 is 16.6 Å². The lowest BCUT2D eigenvalue weighted by Gasteiger charge is -2.36. The molecule has 0 radical (unpaired) electrons. The summed E-state index contributed by atoms with van der Waals surface area (Å²) in [6.07, 6.45) is 1.42. The van der Waals surface area contributed by atoms with Gasteiger partial charge >= 0.3 is 0 Å². The molecule has 3 aromatic rings. The maximum atomic E-state index is 12.6. The summed E-state index contributed by atoms with van der Waals surface area (Å²) < 4.78 is 28.1. The van der Waals surface area contributed by atoms with E-state index in [1.165, 1.54) is 12.0 Å². The van der Waals surface area contributed by atoms with Crippen molar-refractivity contribution in [2.75, 3.05) is 37.6 Å². The Morgan fingerprint density at radius 2 is 1.93 bits per heavy atom. The number of nitrogens with zero attached hydrogens (tertiary/aromatic N) is 6. The fourth-order valence-electron chi connectivity index (χ4n) is 3.77. The van der Waals surface area contributed by atoms with Gasteiger partial charge in [0.2, 0.25) is 0 Å².